The van der Waals surface area contributed by atoms with E-state index in [1.807, 2.05) is 0 Å². The topological polar surface area (TPSA) is 41.6 Å². The Morgan fingerprint density at radius 2 is 1.54 bits per heavy atom. The summed E-state index contributed by atoms with van der Waals surface area (Å²) in [7, 11) is 0. The molecule has 0 atom stereocenters. The molecule has 0 radical (unpaired) electrons. The van der Waals surface area contributed by atoms with Gasteiger partial charge in [0, 0.05) is 26.1 Å². The highest BCUT2D eigenvalue weighted by molar-refractivity contribution is 5.83. The van der Waals surface area contributed by atoms with Gasteiger partial charge in [0.1, 0.15) is 0 Å². The van der Waals surface area contributed by atoms with Crippen LogP contribution in [0.25, 0.3) is 0 Å². The van der Waals surface area contributed by atoms with Crippen LogP contribution in [-0.4, -0.2) is 36.9 Å². The van der Waals surface area contributed by atoms with Crippen molar-refractivity contribution in [2.24, 2.45) is 10.7 Å². The van der Waals surface area contributed by atoms with Crippen LogP contribution in [0, 0.1) is 0 Å². The Morgan fingerprint density at radius 1 is 0.917 bits per heavy atom. The molecule has 3 heteroatoms. The average molecular weight is 336 g/mol. The van der Waals surface area contributed by atoms with Gasteiger partial charge in [-0.05, 0) is 32.1 Å². The van der Waals surface area contributed by atoms with Crippen molar-refractivity contribution in [2.45, 2.75) is 90.4 Å². The number of rotatable bonds is 16. The molecule has 1 rings (SSSR count). The van der Waals surface area contributed by atoms with Crippen molar-refractivity contribution in [3.8, 4) is 0 Å². The lowest BCUT2D eigenvalue weighted by Crippen LogP contribution is -2.32. The Morgan fingerprint density at radius 3 is 2.21 bits per heavy atom. The van der Waals surface area contributed by atoms with E-state index < -0.39 is 0 Å². The second-order valence-electron chi connectivity index (χ2n) is 7.05. The minimum atomic E-state index is 0.743. The van der Waals surface area contributed by atoms with Crippen LogP contribution in [0.3, 0.4) is 0 Å². The van der Waals surface area contributed by atoms with Crippen molar-refractivity contribution < 1.29 is 0 Å². The van der Waals surface area contributed by atoms with Crippen molar-refractivity contribution in [3.63, 3.8) is 0 Å². The average Bonchev–Trinajstić information content (AvgIpc) is 3.03. The highest BCUT2D eigenvalue weighted by Gasteiger charge is 2.14. The molecular weight excluding hydrogens is 294 g/mol. The number of unbranched alkanes of at least 4 members (excludes halogenated alkanes) is 10. The van der Waals surface area contributed by atoms with Gasteiger partial charge in [-0.3, -0.25) is 4.99 Å². The van der Waals surface area contributed by atoms with Crippen LogP contribution in [0.1, 0.15) is 90.4 Å². The molecule has 0 saturated heterocycles. The summed E-state index contributed by atoms with van der Waals surface area (Å²) in [5.74, 6) is 1.31. The lowest BCUT2D eigenvalue weighted by atomic mass is 10.1. The molecule has 140 valence electrons. The minimum Gasteiger partial charge on any atom is -0.357 e. The van der Waals surface area contributed by atoms with Gasteiger partial charge in [-0.15, -0.1) is 0 Å². The van der Waals surface area contributed by atoms with E-state index in [4.69, 9.17) is 5.73 Å². The lowest BCUT2D eigenvalue weighted by molar-refractivity contribution is 0.456. The van der Waals surface area contributed by atoms with Gasteiger partial charge in [0.2, 0.25) is 0 Å². The highest BCUT2D eigenvalue weighted by atomic mass is 15.2. The van der Waals surface area contributed by atoms with Crippen LogP contribution in [-0.2, 0) is 0 Å². The molecule has 1 aliphatic rings. The third-order valence-corrected chi connectivity index (χ3v) is 4.84. The van der Waals surface area contributed by atoms with Crippen molar-refractivity contribution in [1.29, 1.82) is 0 Å². The van der Waals surface area contributed by atoms with Crippen molar-refractivity contribution in [1.82, 2.24) is 4.90 Å². The number of nitrogens with zero attached hydrogens (tertiary/aromatic N) is 2. The smallest absolute Gasteiger partial charge is 0.0990 e. The normalized spacial score (nSPS) is 14.8. The lowest BCUT2D eigenvalue weighted by Gasteiger charge is -2.19. The monoisotopic (exact) mass is 335 g/mol. The van der Waals surface area contributed by atoms with Gasteiger partial charge in [-0.1, -0.05) is 64.0 Å². The SMILES string of the molecule is CCCCC/C=C/CCCCCCCCCC1=NCCN1CCN. The Hall–Kier alpha value is -0.830. The van der Waals surface area contributed by atoms with Crippen LogP contribution in [0.15, 0.2) is 17.1 Å². The fourth-order valence-corrected chi connectivity index (χ4v) is 3.34. The molecular formula is C21H41N3. The third-order valence-electron chi connectivity index (χ3n) is 4.84. The molecule has 0 saturated carbocycles. The zero-order valence-corrected chi connectivity index (χ0v) is 16.1. The second-order valence-corrected chi connectivity index (χ2v) is 7.05. The van der Waals surface area contributed by atoms with E-state index in [9.17, 15) is 0 Å². The van der Waals surface area contributed by atoms with Crippen LogP contribution in [0.2, 0.25) is 0 Å². The first-order valence-corrected chi connectivity index (χ1v) is 10.5. The summed E-state index contributed by atoms with van der Waals surface area (Å²) in [5.41, 5.74) is 5.65. The molecule has 0 aromatic carbocycles. The summed E-state index contributed by atoms with van der Waals surface area (Å²) in [5, 5.41) is 0. The molecule has 1 aliphatic heterocycles. The maximum Gasteiger partial charge on any atom is 0.0990 e. The third kappa shape index (κ3) is 10.9. The molecule has 1 heterocycles. The quantitative estimate of drug-likeness (QED) is 0.307. The second kappa shape index (κ2) is 15.7. The molecule has 0 aromatic heterocycles. The van der Waals surface area contributed by atoms with Gasteiger partial charge in [0.05, 0.1) is 12.4 Å². The summed E-state index contributed by atoms with van der Waals surface area (Å²) >= 11 is 0. The zero-order chi connectivity index (χ0) is 17.3. The van der Waals surface area contributed by atoms with Crippen LogP contribution < -0.4 is 5.73 Å². The molecule has 2 N–H and O–H groups in total. The summed E-state index contributed by atoms with van der Waals surface area (Å²) in [6, 6.07) is 0. The highest BCUT2D eigenvalue weighted by Crippen LogP contribution is 2.13. The predicted molar refractivity (Wildman–Crippen MR) is 108 cm³/mol. The van der Waals surface area contributed by atoms with E-state index in [2.05, 4.69) is 29.0 Å². The molecule has 0 aromatic rings. The van der Waals surface area contributed by atoms with Crippen LogP contribution in [0.5, 0.6) is 0 Å². The number of allylic oxidation sites excluding steroid dienone is 2. The number of hydrogen-bond acceptors (Lipinski definition) is 3. The van der Waals surface area contributed by atoms with Gasteiger partial charge in [-0.25, -0.2) is 0 Å². The number of amidine groups is 1. The van der Waals surface area contributed by atoms with Crippen molar-refractivity contribution in [2.75, 3.05) is 26.2 Å². The van der Waals surface area contributed by atoms with Crippen LogP contribution in [0.4, 0.5) is 0 Å². The molecule has 0 amide bonds. The van der Waals surface area contributed by atoms with E-state index >= 15 is 0 Å². The summed E-state index contributed by atoms with van der Waals surface area (Å²) in [6.45, 7) is 6.05. The van der Waals surface area contributed by atoms with E-state index in [1.54, 1.807) is 0 Å². The standard InChI is InChI=1S/C21H41N3/c1-2-3-4-5-6-7-8-9-10-11-12-13-14-15-16-21-23-18-20-24(21)19-17-22/h6-7H,2-5,8-20,22H2,1H3/b7-6+. The summed E-state index contributed by atoms with van der Waals surface area (Å²) < 4.78 is 0. The van der Waals surface area contributed by atoms with Crippen molar-refractivity contribution >= 4 is 5.84 Å². The van der Waals surface area contributed by atoms with E-state index in [1.165, 1.54) is 82.9 Å². The van der Waals surface area contributed by atoms with E-state index in [0.717, 1.165) is 32.6 Å². The van der Waals surface area contributed by atoms with Gasteiger partial charge >= 0.3 is 0 Å². The Labute approximate surface area is 150 Å². The molecule has 0 unspecified atom stereocenters. The first-order chi connectivity index (χ1) is 11.9. The van der Waals surface area contributed by atoms with Crippen LogP contribution >= 0.6 is 0 Å². The largest absolute Gasteiger partial charge is 0.357 e. The fourth-order valence-electron chi connectivity index (χ4n) is 3.34. The van der Waals surface area contributed by atoms with E-state index in [0.29, 0.717) is 0 Å². The Kier molecular flexibility index (Phi) is 13.9. The minimum absolute atomic E-state index is 0.743. The first-order valence-electron chi connectivity index (χ1n) is 10.5. The maximum absolute atomic E-state index is 5.65. The molecule has 24 heavy (non-hydrogen) atoms. The Balaban J connectivity index is 1.82. The number of hydrogen-bond donors (Lipinski definition) is 1. The number of aliphatic imine (C=N–C) groups is 1. The predicted octanol–water partition coefficient (Wildman–Crippen LogP) is 5.31. The van der Waals surface area contributed by atoms with Gasteiger partial charge in [0.15, 0.2) is 0 Å². The fraction of sp³-hybridized carbons (Fsp3) is 0.857. The van der Waals surface area contributed by atoms with Crippen molar-refractivity contribution in [3.05, 3.63) is 12.2 Å². The van der Waals surface area contributed by atoms with Gasteiger partial charge < -0.3 is 10.6 Å². The summed E-state index contributed by atoms with van der Waals surface area (Å²) in [4.78, 5) is 6.99. The van der Waals surface area contributed by atoms with Gasteiger partial charge in [0.25, 0.3) is 0 Å². The zero-order valence-electron chi connectivity index (χ0n) is 16.1. The molecule has 3 nitrogen and oxygen atoms in total. The van der Waals surface area contributed by atoms with E-state index in [-0.39, 0.29) is 0 Å². The summed E-state index contributed by atoms with van der Waals surface area (Å²) in [6.07, 6.45) is 22.2. The molecule has 0 bridgehead atoms. The van der Waals surface area contributed by atoms with Gasteiger partial charge in [-0.2, -0.15) is 0 Å². The first kappa shape index (κ1) is 21.2. The molecule has 0 aliphatic carbocycles. The molecule has 0 spiro atoms. The Bertz CT molecular complexity index is 336. The maximum atomic E-state index is 5.65. The number of nitrogens with two attached hydrogens (primary N) is 1. The molecule has 0 fully saturated rings.